The number of aromatic nitrogens is 2. The standard InChI is InChI=1S/C12H14BrN5/c1-7-3-8(2)5-9(4-7)16-11-10(13)6-15-12(17-11)18-14/h3-6H,14H2,1-2H3,(H2,15,16,17,18). The number of aryl methyl sites for hydroxylation is 2. The van der Waals surface area contributed by atoms with E-state index < -0.39 is 0 Å². The van der Waals surface area contributed by atoms with Crippen molar-refractivity contribution in [2.45, 2.75) is 13.8 Å². The van der Waals surface area contributed by atoms with Crippen molar-refractivity contribution in [2.75, 3.05) is 10.7 Å². The minimum atomic E-state index is 0.366. The number of rotatable bonds is 3. The van der Waals surface area contributed by atoms with Crippen LogP contribution < -0.4 is 16.6 Å². The van der Waals surface area contributed by atoms with Gasteiger partial charge in [0.05, 0.1) is 4.47 Å². The van der Waals surface area contributed by atoms with Crippen molar-refractivity contribution >= 4 is 33.4 Å². The molecule has 0 unspecified atom stereocenters. The zero-order valence-electron chi connectivity index (χ0n) is 10.2. The molecule has 0 spiro atoms. The fourth-order valence-corrected chi connectivity index (χ4v) is 2.00. The average Bonchev–Trinajstić information content (AvgIpc) is 2.30. The van der Waals surface area contributed by atoms with Crippen molar-refractivity contribution < 1.29 is 0 Å². The molecule has 94 valence electrons. The van der Waals surface area contributed by atoms with Crippen LogP contribution in [0.1, 0.15) is 11.1 Å². The van der Waals surface area contributed by atoms with Gasteiger partial charge in [-0.1, -0.05) is 6.07 Å². The summed E-state index contributed by atoms with van der Waals surface area (Å²) in [4.78, 5) is 8.24. The second kappa shape index (κ2) is 5.32. The van der Waals surface area contributed by atoms with Crippen LogP contribution in [0.3, 0.4) is 0 Å². The average molecular weight is 308 g/mol. The Labute approximate surface area is 114 Å². The second-order valence-electron chi connectivity index (χ2n) is 4.04. The van der Waals surface area contributed by atoms with E-state index in [0.717, 1.165) is 10.2 Å². The molecule has 0 radical (unpaired) electrons. The molecule has 0 saturated heterocycles. The normalized spacial score (nSPS) is 10.2. The lowest BCUT2D eigenvalue weighted by Crippen LogP contribution is -2.11. The topological polar surface area (TPSA) is 75.9 Å². The molecule has 0 aliphatic carbocycles. The van der Waals surface area contributed by atoms with Gasteiger partial charge in [0.2, 0.25) is 5.95 Å². The number of nitrogens with zero attached hydrogens (tertiary/aromatic N) is 2. The number of nitrogens with one attached hydrogen (secondary N) is 2. The number of anilines is 3. The fraction of sp³-hybridized carbons (Fsp3) is 0.167. The third-order valence-corrected chi connectivity index (χ3v) is 2.94. The van der Waals surface area contributed by atoms with E-state index in [1.54, 1.807) is 6.20 Å². The zero-order chi connectivity index (χ0) is 13.1. The molecule has 18 heavy (non-hydrogen) atoms. The summed E-state index contributed by atoms with van der Waals surface area (Å²) in [5.41, 5.74) is 5.79. The minimum absolute atomic E-state index is 0.366. The maximum Gasteiger partial charge on any atom is 0.239 e. The highest BCUT2D eigenvalue weighted by atomic mass is 79.9. The molecular weight excluding hydrogens is 294 g/mol. The van der Waals surface area contributed by atoms with E-state index in [0.29, 0.717) is 11.8 Å². The van der Waals surface area contributed by atoms with Gasteiger partial charge in [-0.2, -0.15) is 4.98 Å². The first-order chi connectivity index (χ1) is 8.58. The van der Waals surface area contributed by atoms with Crippen LogP contribution in [-0.4, -0.2) is 9.97 Å². The van der Waals surface area contributed by atoms with E-state index in [1.165, 1.54) is 11.1 Å². The Hall–Kier alpha value is -1.66. The predicted molar refractivity (Wildman–Crippen MR) is 76.7 cm³/mol. The molecule has 0 atom stereocenters. The number of nitrogens with two attached hydrogens (primary N) is 1. The third kappa shape index (κ3) is 2.96. The second-order valence-corrected chi connectivity index (χ2v) is 4.89. The van der Waals surface area contributed by atoms with E-state index in [1.807, 2.05) is 0 Å². The molecule has 2 rings (SSSR count). The largest absolute Gasteiger partial charge is 0.339 e. The summed E-state index contributed by atoms with van der Waals surface area (Å²) in [5.74, 6) is 6.33. The molecule has 0 bridgehead atoms. The maximum atomic E-state index is 5.29. The van der Waals surface area contributed by atoms with Gasteiger partial charge < -0.3 is 5.32 Å². The third-order valence-electron chi connectivity index (χ3n) is 2.36. The van der Waals surface area contributed by atoms with Crippen LogP contribution in [0.15, 0.2) is 28.9 Å². The molecule has 1 aromatic carbocycles. The Bertz CT molecular complexity index is 550. The molecule has 1 aromatic heterocycles. The van der Waals surface area contributed by atoms with E-state index >= 15 is 0 Å². The van der Waals surface area contributed by atoms with E-state index in [2.05, 4.69) is 68.7 Å². The Morgan fingerprint density at radius 3 is 2.44 bits per heavy atom. The lowest BCUT2D eigenvalue weighted by Gasteiger charge is -2.10. The highest BCUT2D eigenvalue weighted by Gasteiger charge is 2.05. The highest BCUT2D eigenvalue weighted by molar-refractivity contribution is 9.10. The van der Waals surface area contributed by atoms with Gasteiger partial charge in [-0.25, -0.2) is 10.8 Å². The van der Waals surface area contributed by atoms with Gasteiger partial charge in [-0.05, 0) is 53.0 Å². The van der Waals surface area contributed by atoms with Crippen LogP contribution in [0.5, 0.6) is 0 Å². The van der Waals surface area contributed by atoms with Crippen LogP contribution in [0.2, 0.25) is 0 Å². The summed E-state index contributed by atoms with van der Waals surface area (Å²) >= 11 is 3.40. The Kier molecular flexibility index (Phi) is 3.78. The van der Waals surface area contributed by atoms with Gasteiger partial charge in [-0.15, -0.1) is 0 Å². The van der Waals surface area contributed by atoms with Crippen molar-refractivity contribution in [3.05, 3.63) is 40.0 Å². The van der Waals surface area contributed by atoms with Gasteiger partial charge in [-0.3, -0.25) is 5.43 Å². The molecular formula is C12H14BrN5. The summed E-state index contributed by atoms with van der Waals surface area (Å²) in [7, 11) is 0. The first-order valence-electron chi connectivity index (χ1n) is 5.43. The Morgan fingerprint density at radius 1 is 1.17 bits per heavy atom. The number of nitrogen functional groups attached to an aromatic ring is 1. The SMILES string of the molecule is Cc1cc(C)cc(Nc2nc(NN)ncc2Br)c1. The van der Waals surface area contributed by atoms with E-state index in [9.17, 15) is 0 Å². The highest BCUT2D eigenvalue weighted by Crippen LogP contribution is 2.25. The van der Waals surface area contributed by atoms with Gasteiger partial charge in [0.1, 0.15) is 5.82 Å². The van der Waals surface area contributed by atoms with Gasteiger partial charge in [0.25, 0.3) is 0 Å². The lowest BCUT2D eigenvalue weighted by atomic mass is 10.1. The van der Waals surface area contributed by atoms with Crippen LogP contribution >= 0.6 is 15.9 Å². The van der Waals surface area contributed by atoms with E-state index in [-0.39, 0.29) is 0 Å². The molecule has 4 N–H and O–H groups in total. The Balaban J connectivity index is 2.33. The fourth-order valence-electron chi connectivity index (χ4n) is 1.71. The summed E-state index contributed by atoms with van der Waals surface area (Å²) < 4.78 is 0.778. The minimum Gasteiger partial charge on any atom is -0.339 e. The number of hydrogen-bond acceptors (Lipinski definition) is 5. The zero-order valence-corrected chi connectivity index (χ0v) is 11.7. The summed E-state index contributed by atoms with van der Waals surface area (Å²) in [6.07, 6.45) is 1.65. The van der Waals surface area contributed by atoms with Crippen molar-refractivity contribution in [3.8, 4) is 0 Å². The first-order valence-corrected chi connectivity index (χ1v) is 6.22. The van der Waals surface area contributed by atoms with Crippen LogP contribution in [-0.2, 0) is 0 Å². The summed E-state index contributed by atoms with van der Waals surface area (Å²) in [6, 6.07) is 6.22. The number of hydrogen-bond donors (Lipinski definition) is 3. The number of hydrazine groups is 1. The lowest BCUT2D eigenvalue weighted by molar-refractivity contribution is 1.11. The quantitative estimate of drug-likeness (QED) is 0.600. The number of benzene rings is 1. The molecule has 0 aliphatic heterocycles. The number of halogens is 1. The maximum absolute atomic E-state index is 5.29. The van der Waals surface area contributed by atoms with Crippen LogP contribution in [0.25, 0.3) is 0 Å². The molecule has 0 fully saturated rings. The molecule has 0 amide bonds. The van der Waals surface area contributed by atoms with Gasteiger partial charge in [0.15, 0.2) is 0 Å². The molecule has 2 aromatic rings. The molecule has 5 nitrogen and oxygen atoms in total. The van der Waals surface area contributed by atoms with Crippen molar-refractivity contribution in [1.82, 2.24) is 9.97 Å². The van der Waals surface area contributed by atoms with Gasteiger partial charge in [0, 0.05) is 11.9 Å². The van der Waals surface area contributed by atoms with E-state index in [4.69, 9.17) is 5.84 Å². The summed E-state index contributed by atoms with van der Waals surface area (Å²) in [5, 5.41) is 3.24. The van der Waals surface area contributed by atoms with Crippen molar-refractivity contribution in [1.29, 1.82) is 0 Å². The smallest absolute Gasteiger partial charge is 0.239 e. The monoisotopic (exact) mass is 307 g/mol. The first kappa shape index (κ1) is 12.8. The van der Waals surface area contributed by atoms with Crippen LogP contribution in [0.4, 0.5) is 17.5 Å². The van der Waals surface area contributed by atoms with Crippen molar-refractivity contribution in [3.63, 3.8) is 0 Å². The molecule has 1 heterocycles. The summed E-state index contributed by atoms with van der Waals surface area (Å²) in [6.45, 7) is 4.11. The van der Waals surface area contributed by atoms with Crippen LogP contribution in [0, 0.1) is 13.8 Å². The van der Waals surface area contributed by atoms with Crippen molar-refractivity contribution in [2.24, 2.45) is 5.84 Å². The predicted octanol–water partition coefficient (Wildman–Crippen LogP) is 2.89. The molecule has 0 aliphatic rings. The molecule has 0 saturated carbocycles. The molecule has 6 heteroatoms. The Morgan fingerprint density at radius 2 is 1.83 bits per heavy atom. The van der Waals surface area contributed by atoms with Gasteiger partial charge >= 0.3 is 0 Å².